The maximum atomic E-state index is 14.0. The molecule has 1 aromatic heterocycles. The first-order valence-electron chi connectivity index (χ1n) is 8.45. The van der Waals surface area contributed by atoms with Gasteiger partial charge >= 0.3 is 0 Å². The van der Waals surface area contributed by atoms with Crippen molar-refractivity contribution in [3.8, 4) is 5.69 Å². The largest absolute Gasteiger partial charge is 0.330 e. The smallest absolute Gasteiger partial charge is 0.257 e. The molecule has 3 aromatic rings. The van der Waals surface area contributed by atoms with Crippen LogP contribution in [0.2, 0.25) is 0 Å². The predicted molar refractivity (Wildman–Crippen MR) is 99.6 cm³/mol. The van der Waals surface area contributed by atoms with Crippen LogP contribution < -0.4 is 0 Å². The van der Waals surface area contributed by atoms with E-state index in [1.807, 2.05) is 0 Å². The first-order chi connectivity index (χ1) is 13.0. The van der Waals surface area contributed by atoms with Crippen LogP contribution >= 0.6 is 0 Å². The molecule has 0 fully saturated rings. The van der Waals surface area contributed by atoms with Gasteiger partial charge in [-0.2, -0.15) is 5.10 Å². The van der Waals surface area contributed by atoms with Crippen molar-refractivity contribution in [2.24, 2.45) is 0 Å². The Labute approximate surface area is 156 Å². The van der Waals surface area contributed by atoms with E-state index in [1.165, 1.54) is 29.3 Å². The van der Waals surface area contributed by atoms with Gasteiger partial charge in [0.05, 0.1) is 23.1 Å². The summed E-state index contributed by atoms with van der Waals surface area (Å²) in [6.45, 7) is 5.84. The highest BCUT2D eigenvalue weighted by atomic mass is 19.1. The van der Waals surface area contributed by atoms with Gasteiger partial charge in [0.25, 0.3) is 5.91 Å². The maximum Gasteiger partial charge on any atom is 0.257 e. The Morgan fingerprint density at radius 2 is 1.89 bits per heavy atom. The topological polar surface area (TPSA) is 38.1 Å². The van der Waals surface area contributed by atoms with Crippen LogP contribution in [-0.4, -0.2) is 27.1 Å². The number of carbonyl (C=O) groups excluding carboxylic acids is 1. The summed E-state index contributed by atoms with van der Waals surface area (Å²) in [6.07, 6.45) is 3.07. The Morgan fingerprint density at radius 1 is 1.19 bits per heavy atom. The summed E-state index contributed by atoms with van der Waals surface area (Å²) >= 11 is 0. The SMILES string of the molecule is C=CCN(Cc1ccccc1F)C(=O)c1cnn(-c2ccc(F)cc2)c1C. The third-order valence-electron chi connectivity index (χ3n) is 4.27. The van der Waals surface area contributed by atoms with Crippen molar-refractivity contribution < 1.29 is 13.6 Å². The molecule has 6 heteroatoms. The van der Waals surface area contributed by atoms with Gasteiger partial charge in [0.15, 0.2) is 0 Å². The van der Waals surface area contributed by atoms with Gasteiger partial charge in [-0.15, -0.1) is 6.58 Å². The van der Waals surface area contributed by atoms with Gasteiger partial charge < -0.3 is 4.90 Å². The molecule has 0 atom stereocenters. The van der Waals surface area contributed by atoms with E-state index >= 15 is 0 Å². The lowest BCUT2D eigenvalue weighted by Gasteiger charge is -2.21. The number of hydrogen-bond donors (Lipinski definition) is 0. The summed E-state index contributed by atoms with van der Waals surface area (Å²) < 4.78 is 28.7. The second-order valence-electron chi connectivity index (χ2n) is 6.10. The summed E-state index contributed by atoms with van der Waals surface area (Å²) in [7, 11) is 0. The van der Waals surface area contributed by atoms with E-state index in [1.54, 1.807) is 48.0 Å². The minimum Gasteiger partial charge on any atom is -0.330 e. The van der Waals surface area contributed by atoms with E-state index in [4.69, 9.17) is 0 Å². The normalized spacial score (nSPS) is 10.6. The monoisotopic (exact) mass is 367 g/mol. The van der Waals surface area contributed by atoms with Crippen LogP contribution in [0.3, 0.4) is 0 Å². The fourth-order valence-electron chi connectivity index (χ4n) is 2.84. The standard InChI is InChI=1S/C21H19F2N3O/c1-3-12-25(14-16-6-4-5-7-20(16)23)21(27)19-13-24-26(15(19)2)18-10-8-17(22)9-11-18/h3-11,13H,1,12,14H2,2H3. The van der Waals surface area contributed by atoms with E-state index in [0.29, 0.717) is 22.5 Å². The Morgan fingerprint density at radius 3 is 2.56 bits per heavy atom. The molecule has 0 unspecified atom stereocenters. The molecule has 0 spiro atoms. The van der Waals surface area contributed by atoms with Crippen molar-refractivity contribution in [3.05, 3.63) is 95.8 Å². The lowest BCUT2D eigenvalue weighted by molar-refractivity contribution is 0.0760. The summed E-state index contributed by atoms with van der Waals surface area (Å²) in [5, 5.41) is 4.25. The van der Waals surface area contributed by atoms with Crippen molar-refractivity contribution in [1.82, 2.24) is 14.7 Å². The van der Waals surface area contributed by atoms with Gasteiger partial charge in [-0.3, -0.25) is 4.79 Å². The number of benzene rings is 2. The van der Waals surface area contributed by atoms with Crippen LogP contribution in [0.4, 0.5) is 8.78 Å². The molecule has 0 N–H and O–H groups in total. The first-order valence-corrected chi connectivity index (χ1v) is 8.45. The number of nitrogens with zero attached hydrogens (tertiary/aromatic N) is 3. The number of amides is 1. The maximum absolute atomic E-state index is 14.0. The van der Waals surface area contributed by atoms with Crippen molar-refractivity contribution >= 4 is 5.91 Å². The molecule has 138 valence electrons. The van der Waals surface area contributed by atoms with Crippen molar-refractivity contribution in [1.29, 1.82) is 0 Å². The molecule has 0 aliphatic rings. The van der Waals surface area contributed by atoms with Crippen molar-refractivity contribution in [2.75, 3.05) is 6.54 Å². The zero-order valence-electron chi connectivity index (χ0n) is 14.9. The van der Waals surface area contributed by atoms with E-state index < -0.39 is 0 Å². The molecule has 1 amide bonds. The molecule has 0 saturated carbocycles. The predicted octanol–water partition coefficient (Wildman–Crippen LogP) is 4.29. The third-order valence-corrected chi connectivity index (χ3v) is 4.27. The lowest BCUT2D eigenvalue weighted by Crippen LogP contribution is -2.31. The van der Waals surface area contributed by atoms with Gasteiger partial charge in [-0.1, -0.05) is 24.3 Å². The number of aromatic nitrogens is 2. The van der Waals surface area contributed by atoms with Crippen molar-refractivity contribution in [2.45, 2.75) is 13.5 Å². The van der Waals surface area contributed by atoms with E-state index in [2.05, 4.69) is 11.7 Å². The van der Waals surface area contributed by atoms with Crippen LogP contribution in [0.1, 0.15) is 21.6 Å². The summed E-state index contributed by atoms with van der Waals surface area (Å²) in [4.78, 5) is 14.5. The number of hydrogen-bond acceptors (Lipinski definition) is 2. The zero-order valence-corrected chi connectivity index (χ0v) is 14.9. The molecular weight excluding hydrogens is 348 g/mol. The number of carbonyl (C=O) groups is 1. The Hall–Kier alpha value is -3.28. The van der Waals surface area contributed by atoms with Crippen LogP contribution in [0.15, 0.2) is 67.4 Å². The highest BCUT2D eigenvalue weighted by Gasteiger charge is 2.21. The quantitative estimate of drug-likeness (QED) is 0.610. The zero-order chi connectivity index (χ0) is 19.4. The molecule has 1 heterocycles. The highest BCUT2D eigenvalue weighted by molar-refractivity contribution is 5.95. The molecular formula is C21H19F2N3O. The molecule has 0 aliphatic carbocycles. The average molecular weight is 367 g/mol. The van der Waals surface area contributed by atoms with Crippen LogP contribution in [-0.2, 0) is 6.54 Å². The fraction of sp³-hybridized carbons (Fsp3) is 0.143. The molecule has 27 heavy (non-hydrogen) atoms. The van der Waals surface area contributed by atoms with E-state index in [9.17, 15) is 13.6 Å². The van der Waals surface area contributed by atoms with Crippen LogP contribution in [0.5, 0.6) is 0 Å². The van der Waals surface area contributed by atoms with E-state index in [-0.39, 0.29) is 30.6 Å². The molecule has 0 bridgehead atoms. The van der Waals surface area contributed by atoms with Gasteiger partial charge in [0.2, 0.25) is 0 Å². The van der Waals surface area contributed by atoms with Gasteiger partial charge in [-0.25, -0.2) is 13.5 Å². The highest BCUT2D eigenvalue weighted by Crippen LogP contribution is 2.18. The van der Waals surface area contributed by atoms with Crippen LogP contribution in [0, 0.1) is 18.6 Å². The fourth-order valence-corrected chi connectivity index (χ4v) is 2.84. The number of halogens is 2. The average Bonchev–Trinajstić information content (AvgIpc) is 3.04. The van der Waals surface area contributed by atoms with Crippen molar-refractivity contribution in [3.63, 3.8) is 0 Å². The molecule has 0 radical (unpaired) electrons. The summed E-state index contributed by atoms with van der Waals surface area (Å²) in [5.74, 6) is -0.982. The van der Waals surface area contributed by atoms with Crippen LogP contribution in [0.25, 0.3) is 5.69 Å². The summed E-state index contributed by atoms with van der Waals surface area (Å²) in [6, 6.07) is 12.2. The molecule has 0 saturated heterocycles. The molecule has 3 rings (SSSR count). The van der Waals surface area contributed by atoms with Gasteiger partial charge in [0.1, 0.15) is 11.6 Å². The third kappa shape index (κ3) is 3.95. The Kier molecular flexibility index (Phi) is 5.45. The van der Waals surface area contributed by atoms with E-state index in [0.717, 1.165) is 0 Å². The molecule has 0 aliphatic heterocycles. The Bertz CT molecular complexity index is 964. The van der Waals surface area contributed by atoms with Gasteiger partial charge in [0, 0.05) is 18.7 Å². The lowest BCUT2D eigenvalue weighted by atomic mass is 10.1. The number of rotatable bonds is 6. The first kappa shape index (κ1) is 18.5. The molecule has 2 aromatic carbocycles. The second kappa shape index (κ2) is 7.95. The van der Waals surface area contributed by atoms with Gasteiger partial charge in [-0.05, 0) is 37.3 Å². The summed E-state index contributed by atoms with van der Waals surface area (Å²) in [5.41, 5.74) is 2.10. The minimum absolute atomic E-state index is 0.124. The molecule has 4 nitrogen and oxygen atoms in total. The Balaban J connectivity index is 1.89. The minimum atomic E-state index is -0.363. The second-order valence-corrected chi connectivity index (χ2v) is 6.10.